The van der Waals surface area contributed by atoms with Crippen LogP contribution < -0.4 is 0 Å². The van der Waals surface area contributed by atoms with Gasteiger partial charge < -0.3 is 0 Å². The van der Waals surface area contributed by atoms with E-state index in [2.05, 4.69) is 77.2 Å². The number of hydrogen-bond donors (Lipinski definition) is 0. The molecule has 0 aliphatic heterocycles. The van der Waals surface area contributed by atoms with Crippen LogP contribution in [0.15, 0.2) is 46.4 Å². The van der Waals surface area contributed by atoms with Gasteiger partial charge in [-0.15, -0.1) is 0 Å². The summed E-state index contributed by atoms with van der Waals surface area (Å²) in [5.41, 5.74) is 8.92. The van der Waals surface area contributed by atoms with Crippen molar-refractivity contribution < 1.29 is 20.4 Å². The molecule has 2 rings (SSSR count). The third kappa shape index (κ3) is 13.7. The molecule has 0 N–H and O–H groups in total. The predicted octanol–water partition coefficient (Wildman–Crippen LogP) is 10.7. The zero-order valence-electron chi connectivity index (χ0n) is 24.4. The third-order valence-electron chi connectivity index (χ3n) is 6.65. The molecule has 3 heteroatoms. The van der Waals surface area contributed by atoms with Gasteiger partial charge >= 0.3 is 0 Å². The van der Waals surface area contributed by atoms with Crippen LogP contribution in [0.3, 0.4) is 0 Å². The molecule has 0 bridgehead atoms. The van der Waals surface area contributed by atoms with Crippen molar-refractivity contribution in [1.82, 2.24) is 0 Å². The molecule has 0 heterocycles. The normalized spacial score (nSPS) is 11.8. The van der Waals surface area contributed by atoms with Crippen LogP contribution in [0.4, 0.5) is 11.4 Å². The molecule has 0 aliphatic carbocycles. The molecule has 2 nitrogen and oxygen atoms in total. The Morgan fingerprint density at radius 2 is 0.973 bits per heavy atom. The maximum Gasteiger partial charge on any atom is 0.0639 e. The van der Waals surface area contributed by atoms with Gasteiger partial charge in [0.25, 0.3) is 0 Å². The average Bonchev–Trinajstić information content (AvgIpc) is 2.85. The van der Waals surface area contributed by atoms with Crippen LogP contribution in [0.5, 0.6) is 0 Å². The molecule has 0 atom stereocenters. The predicted molar refractivity (Wildman–Crippen MR) is 162 cm³/mol. The first-order chi connectivity index (χ1) is 17.6. The third-order valence-corrected chi connectivity index (χ3v) is 6.65. The monoisotopic (exact) mass is 594 g/mol. The first-order valence-corrected chi connectivity index (χ1v) is 15.0. The van der Waals surface area contributed by atoms with Crippen LogP contribution in [-0.2, 0) is 46.1 Å². The molecule has 0 unspecified atom stereocenters. The Morgan fingerprint density at radius 3 is 1.43 bits per heavy atom. The standard InChI is InChI=1S/C34H52N2.Pd/c1-6-11-12-13-14-15-20-32(36-34-25-30(18-9-4)22-31(26-34)19-10-5)27-35-33-23-28(16-7-2)21-29(24-33)17-8-3;/h21-27H,6-20H2,1-5H3;/b35-27+,36-32+;. The molecule has 0 saturated heterocycles. The smallest absolute Gasteiger partial charge is 0.0639 e. The number of nitrogens with zero attached hydrogens (tertiary/aromatic N) is 2. The van der Waals surface area contributed by atoms with Gasteiger partial charge in [-0.2, -0.15) is 0 Å². The summed E-state index contributed by atoms with van der Waals surface area (Å²) in [5, 5.41) is 0. The Hall–Kier alpha value is -1.56. The fraction of sp³-hybridized carbons (Fsp3) is 0.588. The van der Waals surface area contributed by atoms with Crippen molar-refractivity contribution in [2.45, 2.75) is 131 Å². The molecule has 37 heavy (non-hydrogen) atoms. The molecular weight excluding hydrogens is 543 g/mol. The molecule has 0 saturated carbocycles. The van der Waals surface area contributed by atoms with E-state index < -0.39 is 0 Å². The van der Waals surface area contributed by atoms with E-state index in [0.29, 0.717) is 0 Å². The van der Waals surface area contributed by atoms with Crippen molar-refractivity contribution >= 4 is 23.3 Å². The summed E-state index contributed by atoms with van der Waals surface area (Å²) >= 11 is 0. The summed E-state index contributed by atoms with van der Waals surface area (Å²) in [6, 6.07) is 13.9. The number of unbranched alkanes of at least 4 members (excludes halogenated alkanes) is 5. The number of hydrogen-bond acceptors (Lipinski definition) is 2. The fourth-order valence-electron chi connectivity index (χ4n) is 4.91. The van der Waals surface area contributed by atoms with Crippen LogP contribution >= 0.6 is 0 Å². The van der Waals surface area contributed by atoms with E-state index in [1.54, 1.807) is 0 Å². The summed E-state index contributed by atoms with van der Waals surface area (Å²) in [5.74, 6) is 0. The zero-order valence-corrected chi connectivity index (χ0v) is 25.9. The van der Waals surface area contributed by atoms with Crippen LogP contribution in [0.2, 0.25) is 0 Å². The van der Waals surface area contributed by atoms with Gasteiger partial charge in [0.05, 0.1) is 17.1 Å². The van der Waals surface area contributed by atoms with Gasteiger partial charge in [-0.1, -0.05) is 105 Å². The van der Waals surface area contributed by atoms with E-state index in [1.165, 1.54) is 73.6 Å². The van der Waals surface area contributed by atoms with Crippen LogP contribution in [0, 0.1) is 0 Å². The van der Waals surface area contributed by atoms with E-state index >= 15 is 0 Å². The Kier molecular flexibility index (Phi) is 18.5. The van der Waals surface area contributed by atoms with Crippen LogP contribution in [0.1, 0.15) is 128 Å². The molecule has 0 amide bonds. The van der Waals surface area contributed by atoms with E-state index in [4.69, 9.17) is 9.98 Å². The SMILES string of the molecule is CCCCCCCCC(/C=N/c1cc(CCC)cc(CCC)c1)=N\c1cc(CCC)cc(CCC)c1.[Pd]. The maximum absolute atomic E-state index is 5.18. The second-order valence-corrected chi connectivity index (χ2v) is 10.4. The summed E-state index contributed by atoms with van der Waals surface area (Å²) in [6.07, 6.45) is 19.9. The Bertz CT molecular complexity index is 896. The number of aliphatic imine (C=N–C) groups is 2. The van der Waals surface area contributed by atoms with E-state index in [-0.39, 0.29) is 20.4 Å². The van der Waals surface area contributed by atoms with Gasteiger partial charge in [0.2, 0.25) is 0 Å². The first-order valence-electron chi connectivity index (χ1n) is 15.0. The van der Waals surface area contributed by atoms with Crippen molar-refractivity contribution in [3.8, 4) is 0 Å². The molecule has 0 aliphatic rings. The van der Waals surface area contributed by atoms with Gasteiger partial charge in [-0.05, 0) is 85.0 Å². The largest absolute Gasteiger partial charge is 0.255 e. The number of rotatable bonds is 18. The summed E-state index contributed by atoms with van der Waals surface area (Å²) in [6.45, 7) is 11.3. The molecule has 2 aromatic carbocycles. The number of benzene rings is 2. The van der Waals surface area contributed by atoms with Crippen molar-refractivity contribution in [2.24, 2.45) is 9.98 Å². The molecule has 0 spiro atoms. The minimum absolute atomic E-state index is 0. The van der Waals surface area contributed by atoms with Gasteiger partial charge in [0.15, 0.2) is 0 Å². The second-order valence-electron chi connectivity index (χ2n) is 10.4. The van der Waals surface area contributed by atoms with Crippen molar-refractivity contribution in [2.75, 3.05) is 0 Å². The first kappa shape index (κ1) is 33.5. The van der Waals surface area contributed by atoms with E-state index in [1.807, 2.05) is 0 Å². The minimum atomic E-state index is 0. The summed E-state index contributed by atoms with van der Waals surface area (Å²) in [7, 11) is 0. The molecular formula is C34H52N2Pd. The van der Waals surface area contributed by atoms with Gasteiger partial charge in [0, 0.05) is 26.6 Å². The molecule has 0 fully saturated rings. The zero-order chi connectivity index (χ0) is 26.0. The molecule has 0 aromatic heterocycles. The van der Waals surface area contributed by atoms with Gasteiger partial charge in [0.1, 0.15) is 0 Å². The molecule has 0 radical (unpaired) electrons. The Balaban J connectivity index is 0.00000684. The molecule has 208 valence electrons. The summed E-state index contributed by atoms with van der Waals surface area (Å²) in [4.78, 5) is 10.2. The van der Waals surface area contributed by atoms with E-state index in [0.717, 1.165) is 62.0 Å². The van der Waals surface area contributed by atoms with Crippen molar-refractivity contribution in [3.63, 3.8) is 0 Å². The quantitative estimate of drug-likeness (QED) is 0.0931. The van der Waals surface area contributed by atoms with Crippen molar-refractivity contribution in [1.29, 1.82) is 0 Å². The van der Waals surface area contributed by atoms with Gasteiger partial charge in [-0.25, -0.2) is 0 Å². The second kappa shape index (κ2) is 20.4. The minimum Gasteiger partial charge on any atom is -0.255 e. The summed E-state index contributed by atoms with van der Waals surface area (Å²) < 4.78 is 0. The average molecular weight is 595 g/mol. The Labute approximate surface area is 242 Å². The topological polar surface area (TPSA) is 24.7 Å². The van der Waals surface area contributed by atoms with Crippen LogP contribution in [0.25, 0.3) is 0 Å². The van der Waals surface area contributed by atoms with E-state index in [9.17, 15) is 0 Å². The maximum atomic E-state index is 5.18. The molecule has 2 aromatic rings. The Morgan fingerprint density at radius 1 is 0.541 bits per heavy atom. The fourth-order valence-corrected chi connectivity index (χ4v) is 4.91. The number of aryl methyl sites for hydroxylation is 4. The van der Waals surface area contributed by atoms with Crippen molar-refractivity contribution in [3.05, 3.63) is 58.7 Å². The van der Waals surface area contributed by atoms with Crippen LogP contribution in [-0.4, -0.2) is 11.9 Å². The van der Waals surface area contributed by atoms with Gasteiger partial charge in [-0.3, -0.25) is 9.98 Å².